The molecule has 1 saturated heterocycles. The molecule has 1 aliphatic rings. The van der Waals surface area contributed by atoms with E-state index >= 15 is 0 Å². The monoisotopic (exact) mass is 359 g/mol. The highest BCUT2D eigenvalue weighted by atomic mass is 79.9. The van der Waals surface area contributed by atoms with E-state index in [-0.39, 0.29) is 12.1 Å². The first-order chi connectivity index (χ1) is 9.37. The number of hydrogen-bond acceptors (Lipinski definition) is 2. The lowest BCUT2D eigenvalue weighted by Gasteiger charge is -2.30. The fourth-order valence-corrected chi connectivity index (χ4v) is 5.70. The third kappa shape index (κ3) is 2.95. The van der Waals surface area contributed by atoms with Crippen LogP contribution in [0, 0.1) is 12.8 Å². The molecule has 0 aliphatic carbocycles. The Kier molecular flexibility index (Phi) is 4.92. The Morgan fingerprint density at radius 1 is 1.25 bits per heavy atom. The van der Waals surface area contributed by atoms with Crippen molar-refractivity contribution in [2.45, 2.75) is 50.6 Å². The first-order valence-corrected chi connectivity index (χ1v) is 9.60. The molecule has 0 radical (unpaired) electrons. The maximum Gasteiger partial charge on any atom is 0.243 e. The number of rotatable bonds is 4. The van der Waals surface area contributed by atoms with Gasteiger partial charge in [0.05, 0.1) is 4.90 Å². The van der Waals surface area contributed by atoms with Crippen molar-refractivity contribution in [3.8, 4) is 0 Å². The predicted molar refractivity (Wildman–Crippen MR) is 85.6 cm³/mol. The third-order valence-corrected chi connectivity index (χ3v) is 6.77. The van der Waals surface area contributed by atoms with E-state index in [0.717, 1.165) is 18.4 Å². The van der Waals surface area contributed by atoms with Crippen molar-refractivity contribution in [1.29, 1.82) is 0 Å². The molecule has 0 aromatic heterocycles. The third-order valence-electron chi connectivity index (χ3n) is 4.03. The van der Waals surface area contributed by atoms with Crippen LogP contribution in [0.4, 0.5) is 0 Å². The van der Waals surface area contributed by atoms with E-state index in [9.17, 15) is 8.42 Å². The Balaban J connectivity index is 2.41. The van der Waals surface area contributed by atoms with Gasteiger partial charge in [0.25, 0.3) is 0 Å². The summed E-state index contributed by atoms with van der Waals surface area (Å²) >= 11 is 3.46. The van der Waals surface area contributed by atoms with Gasteiger partial charge in [0.15, 0.2) is 0 Å². The van der Waals surface area contributed by atoms with Gasteiger partial charge in [-0.05, 0) is 37.8 Å². The molecule has 112 valence electrons. The van der Waals surface area contributed by atoms with Crippen LogP contribution in [0.5, 0.6) is 0 Å². The molecule has 0 saturated carbocycles. The van der Waals surface area contributed by atoms with Crippen LogP contribution < -0.4 is 0 Å². The normalized spacial score (nSPS) is 24.4. The molecule has 20 heavy (non-hydrogen) atoms. The van der Waals surface area contributed by atoms with E-state index in [0.29, 0.717) is 16.1 Å². The molecule has 5 heteroatoms. The molecule has 1 unspecified atom stereocenters. The zero-order valence-electron chi connectivity index (χ0n) is 12.2. The first-order valence-electron chi connectivity index (χ1n) is 7.04. The van der Waals surface area contributed by atoms with Crippen LogP contribution in [0.3, 0.4) is 0 Å². The van der Waals surface area contributed by atoms with Crippen LogP contribution in [0.25, 0.3) is 0 Å². The van der Waals surface area contributed by atoms with Gasteiger partial charge in [-0.2, -0.15) is 4.31 Å². The topological polar surface area (TPSA) is 37.4 Å². The standard InChI is InChI=1S/C15H22BrNO2S/c1-11(2)15-9-6-13(10-16)17(15)20(18,19)14-7-4-12(3)5-8-14/h4-5,7-8,11,13,15H,6,9-10H2,1-3H3/t13?,15-/m1/s1. The van der Waals surface area contributed by atoms with Crippen LogP contribution in [-0.2, 0) is 10.0 Å². The van der Waals surface area contributed by atoms with Gasteiger partial charge in [-0.15, -0.1) is 0 Å². The van der Waals surface area contributed by atoms with Crippen LogP contribution in [0.15, 0.2) is 29.2 Å². The van der Waals surface area contributed by atoms with E-state index in [1.54, 1.807) is 16.4 Å². The second-order valence-electron chi connectivity index (χ2n) is 5.84. The van der Waals surface area contributed by atoms with Crippen molar-refractivity contribution in [3.63, 3.8) is 0 Å². The van der Waals surface area contributed by atoms with Crippen LogP contribution in [0.2, 0.25) is 0 Å². The molecule has 1 aliphatic heterocycles. The minimum absolute atomic E-state index is 0.0636. The summed E-state index contributed by atoms with van der Waals surface area (Å²) in [6.07, 6.45) is 1.87. The Labute approximate surface area is 130 Å². The fraction of sp³-hybridized carbons (Fsp3) is 0.600. The molecule has 0 bridgehead atoms. The van der Waals surface area contributed by atoms with Gasteiger partial charge in [-0.1, -0.05) is 47.5 Å². The van der Waals surface area contributed by atoms with E-state index in [4.69, 9.17) is 0 Å². The summed E-state index contributed by atoms with van der Waals surface area (Å²) in [7, 11) is -3.41. The summed E-state index contributed by atoms with van der Waals surface area (Å²) in [4.78, 5) is 0.404. The molecule has 0 N–H and O–H groups in total. The van der Waals surface area contributed by atoms with Gasteiger partial charge in [0.1, 0.15) is 0 Å². The smallest absolute Gasteiger partial charge is 0.207 e. The number of sulfonamides is 1. The lowest BCUT2D eigenvalue weighted by atomic mass is 10.0. The average Bonchev–Trinajstić information content (AvgIpc) is 2.84. The average molecular weight is 360 g/mol. The number of alkyl halides is 1. The largest absolute Gasteiger partial charge is 0.243 e. The van der Waals surface area contributed by atoms with E-state index in [1.807, 2.05) is 19.1 Å². The van der Waals surface area contributed by atoms with E-state index < -0.39 is 10.0 Å². The molecule has 1 aromatic rings. The molecular weight excluding hydrogens is 338 g/mol. The number of benzene rings is 1. The first kappa shape index (κ1) is 16.0. The molecular formula is C15H22BrNO2S. The van der Waals surface area contributed by atoms with Crippen molar-refractivity contribution in [2.75, 3.05) is 5.33 Å². The van der Waals surface area contributed by atoms with Gasteiger partial charge < -0.3 is 0 Å². The minimum Gasteiger partial charge on any atom is -0.207 e. The summed E-state index contributed by atoms with van der Waals surface area (Å²) in [5.74, 6) is 0.333. The van der Waals surface area contributed by atoms with Crippen LogP contribution in [0.1, 0.15) is 32.3 Å². The van der Waals surface area contributed by atoms with Gasteiger partial charge in [-0.25, -0.2) is 8.42 Å². The molecule has 1 aromatic carbocycles. The maximum absolute atomic E-state index is 12.9. The highest BCUT2D eigenvalue weighted by molar-refractivity contribution is 9.09. The highest BCUT2D eigenvalue weighted by Crippen LogP contribution is 2.35. The quantitative estimate of drug-likeness (QED) is 0.770. The Bertz CT molecular complexity index is 554. The summed E-state index contributed by atoms with van der Waals surface area (Å²) in [5.41, 5.74) is 1.07. The Morgan fingerprint density at radius 2 is 1.85 bits per heavy atom. The fourth-order valence-electron chi connectivity index (χ4n) is 2.87. The van der Waals surface area contributed by atoms with Crippen molar-refractivity contribution >= 4 is 26.0 Å². The van der Waals surface area contributed by atoms with Gasteiger partial charge in [0.2, 0.25) is 10.0 Å². The number of nitrogens with zero attached hydrogens (tertiary/aromatic N) is 1. The molecule has 0 amide bonds. The van der Waals surface area contributed by atoms with Crippen LogP contribution in [-0.4, -0.2) is 30.1 Å². The van der Waals surface area contributed by atoms with Crippen molar-refractivity contribution < 1.29 is 8.42 Å². The van der Waals surface area contributed by atoms with Gasteiger partial charge in [0, 0.05) is 17.4 Å². The highest BCUT2D eigenvalue weighted by Gasteiger charge is 2.42. The van der Waals surface area contributed by atoms with Crippen molar-refractivity contribution in [3.05, 3.63) is 29.8 Å². The van der Waals surface area contributed by atoms with Gasteiger partial charge >= 0.3 is 0 Å². The maximum atomic E-state index is 12.9. The molecule has 2 rings (SSSR count). The minimum atomic E-state index is -3.41. The summed E-state index contributed by atoms with van der Waals surface area (Å²) in [5, 5.41) is 0.696. The number of aryl methyl sites for hydroxylation is 1. The zero-order valence-corrected chi connectivity index (χ0v) is 14.6. The van der Waals surface area contributed by atoms with E-state index in [2.05, 4.69) is 29.8 Å². The molecule has 2 atom stereocenters. The predicted octanol–water partition coefficient (Wildman–Crippen LogP) is 3.57. The van der Waals surface area contributed by atoms with Gasteiger partial charge in [-0.3, -0.25) is 0 Å². The SMILES string of the molecule is Cc1ccc(S(=O)(=O)N2C(CBr)CC[C@@H]2C(C)C)cc1. The summed E-state index contributed by atoms with van der Waals surface area (Å²) in [6, 6.07) is 7.31. The summed E-state index contributed by atoms with van der Waals surface area (Å²) in [6.45, 7) is 6.16. The second-order valence-corrected chi connectivity index (χ2v) is 8.34. The molecule has 1 heterocycles. The molecule has 0 spiro atoms. The lowest BCUT2D eigenvalue weighted by Crippen LogP contribution is -2.44. The molecule has 3 nitrogen and oxygen atoms in total. The lowest BCUT2D eigenvalue weighted by molar-refractivity contribution is 0.282. The van der Waals surface area contributed by atoms with Crippen molar-refractivity contribution in [1.82, 2.24) is 4.31 Å². The number of halogens is 1. The van der Waals surface area contributed by atoms with Crippen molar-refractivity contribution in [2.24, 2.45) is 5.92 Å². The summed E-state index contributed by atoms with van der Waals surface area (Å²) < 4.78 is 27.6. The van der Waals surface area contributed by atoms with E-state index in [1.165, 1.54) is 0 Å². The molecule has 1 fully saturated rings. The van der Waals surface area contributed by atoms with Crippen LogP contribution >= 0.6 is 15.9 Å². The second kappa shape index (κ2) is 6.16. The zero-order chi connectivity index (χ0) is 14.9. The Hall–Kier alpha value is -0.390. The Morgan fingerprint density at radius 3 is 2.35 bits per heavy atom. The number of hydrogen-bond donors (Lipinski definition) is 0.